The van der Waals surface area contributed by atoms with Crippen LogP contribution in [-0.4, -0.2) is 58.6 Å². The fraction of sp³-hybridized carbons (Fsp3) is 0.520. The van der Waals surface area contributed by atoms with Gasteiger partial charge in [0, 0.05) is 56.1 Å². The average molecular weight is 420 g/mol. The third kappa shape index (κ3) is 4.60. The highest BCUT2D eigenvalue weighted by Crippen LogP contribution is 2.30. The van der Waals surface area contributed by atoms with Gasteiger partial charge in [-0.05, 0) is 67.2 Å². The lowest BCUT2D eigenvalue weighted by atomic mass is 9.85. The molecule has 2 aromatic heterocycles. The Hall–Kier alpha value is -2.44. The topological polar surface area (TPSA) is 55.2 Å². The molecule has 1 saturated carbocycles. The summed E-state index contributed by atoms with van der Waals surface area (Å²) in [5.74, 6) is 1.71. The van der Waals surface area contributed by atoms with E-state index in [-0.39, 0.29) is 0 Å². The highest BCUT2D eigenvalue weighted by molar-refractivity contribution is 5.91. The highest BCUT2D eigenvalue weighted by atomic mass is 16.5. The van der Waals surface area contributed by atoms with Crippen LogP contribution in [0.1, 0.15) is 31.2 Å². The van der Waals surface area contributed by atoms with Crippen LogP contribution < -0.4 is 5.32 Å². The molecule has 1 aliphatic heterocycles. The number of aromatic nitrogens is 3. The predicted molar refractivity (Wildman–Crippen MR) is 125 cm³/mol. The highest BCUT2D eigenvalue weighted by Gasteiger charge is 2.26. The van der Waals surface area contributed by atoms with Gasteiger partial charge in [-0.3, -0.25) is 9.58 Å². The van der Waals surface area contributed by atoms with E-state index in [9.17, 15) is 0 Å². The number of hydrogen-bond donors (Lipinski definition) is 1. The Morgan fingerprint density at radius 3 is 2.58 bits per heavy atom. The lowest BCUT2D eigenvalue weighted by molar-refractivity contribution is 0.00539. The summed E-state index contributed by atoms with van der Waals surface area (Å²) in [6.45, 7) is 7.18. The van der Waals surface area contributed by atoms with Gasteiger partial charge in [0.1, 0.15) is 5.82 Å². The maximum atomic E-state index is 5.51. The van der Waals surface area contributed by atoms with Crippen LogP contribution in [0.15, 0.2) is 36.8 Å². The van der Waals surface area contributed by atoms with Crippen LogP contribution in [0, 0.1) is 12.8 Å². The Morgan fingerprint density at radius 2 is 1.84 bits per heavy atom. The molecular formula is C25H33N5O. The molecule has 31 heavy (non-hydrogen) atoms. The first-order valence-corrected chi connectivity index (χ1v) is 11.6. The van der Waals surface area contributed by atoms with Gasteiger partial charge in [0.25, 0.3) is 0 Å². The molecule has 0 radical (unpaired) electrons. The summed E-state index contributed by atoms with van der Waals surface area (Å²) in [6, 6.07) is 7.43. The van der Waals surface area contributed by atoms with E-state index < -0.39 is 0 Å². The van der Waals surface area contributed by atoms with Gasteiger partial charge >= 0.3 is 0 Å². The van der Waals surface area contributed by atoms with Gasteiger partial charge in [0.15, 0.2) is 0 Å². The van der Waals surface area contributed by atoms with E-state index in [1.165, 1.54) is 47.6 Å². The minimum Gasteiger partial charge on any atom is -0.379 e. The maximum absolute atomic E-state index is 5.51. The van der Waals surface area contributed by atoms with Crippen LogP contribution in [0.25, 0.3) is 21.9 Å². The first-order chi connectivity index (χ1) is 15.2. The van der Waals surface area contributed by atoms with E-state index in [4.69, 9.17) is 9.72 Å². The second-order valence-electron chi connectivity index (χ2n) is 9.19. The number of nitrogens with zero attached hydrogens (tertiary/aromatic N) is 4. The largest absolute Gasteiger partial charge is 0.379 e. The van der Waals surface area contributed by atoms with Crippen molar-refractivity contribution >= 4 is 16.6 Å². The number of rotatable bonds is 5. The van der Waals surface area contributed by atoms with Crippen molar-refractivity contribution in [1.29, 1.82) is 0 Å². The number of aryl methyl sites for hydroxylation is 2. The molecule has 6 heteroatoms. The van der Waals surface area contributed by atoms with Crippen molar-refractivity contribution in [2.45, 2.75) is 38.6 Å². The number of nitrogens with one attached hydrogen (secondary N) is 1. The van der Waals surface area contributed by atoms with Gasteiger partial charge in [-0.1, -0.05) is 6.07 Å². The van der Waals surface area contributed by atoms with E-state index in [1.807, 2.05) is 24.1 Å². The Morgan fingerprint density at radius 1 is 1.03 bits per heavy atom. The predicted octanol–water partition coefficient (Wildman–Crippen LogP) is 4.25. The molecule has 3 aromatic rings. The van der Waals surface area contributed by atoms with Gasteiger partial charge in [-0.2, -0.15) is 5.10 Å². The first-order valence-electron chi connectivity index (χ1n) is 11.6. The smallest absolute Gasteiger partial charge is 0.126 e. The normalized spacial score (nSPS) is 22.6. The lowest BCUT2D eigenvalue weighted by Gasteiger charge is -2.38. The fourth-order valence-corrected chi connectivity index (χ4v) is 5.18. The minimum atomic E-state index is 0.734. The van der Waals surface area contributed by atoms with Crippen molar-refractivity contribution in [3.63, 3.8) is 0 Å². The number of anilines is 1. The summed E-state index contributed by atoms with van der Waals surface area (Å²) in [7, 11) is 1.96. The Balaban J connectivity index is 1.22. The minimum absolute atomic E-state index is 0.734. The molecule has 1 N–H and O–H groups in total. The molecule has 1 aliphatic carbocycles. The summed E-state index contributed by atoms with van der Waals surface area (Å²) in [5.41, 5.74) is 3.60. The summed E-state index contributed by atoms with van der Waals surface area (Å²) in [6.07, 6.45) is 11.2. The van der Waals surface area contributed by atoms with Crippen LogP contribution in [0.3, 0.4) is 0 Å². The average Bonchev–Trinajstić information content (AvgIpc) is 3.25. The molecule has 0 atom stereocenters. The molecule has 2 fully saturated rings. The van der Waals surface area contributed by atoms with Crippen molar-refractivity contribution < 1.29 is 4.74 Å². The van der Waals surface area contributed by atoms with Crippen LogP contribution >= 0.6 is 0 Å². The Bertz CT molecular complexity index is 1030. The molecule has 3 heterocycles. The van der Waals surface area contributed by atoms with Gasteiger partial charge < -0.3 is 10.1 Å². The van der Waals surface area contributed by atoms with Crippen LogP contribution in [-0.2, 0) is 11.8 Å². The van der Waals surface area contributed by atoms with E-state index >= 15 is 0 Å². The van der Waals surface area contributed by atoms with Gasteiger partial charge in [-0.25, -0.2) is 4.98 Å². The maximum Gasteiger partial charge on any atom is 0.126 e. The molecule has 0 amide bonds. The van der Waals surface area contributed by atoms with E-state index in [1.54, 1.807) is 0 Å². The van der Waals surface area contributed by atoms with Crippen molar-refractivity contribution in [1.82, 2.24) is 19.7 Å². The molecule has 164 valence electrons. The quantitative estimate of drug-likeness (QED) is 0.670. The van der Waals surface area contributed by atoms with Crippen molar-refractivity contribution in [3.05, 3.63) is 42.4 Å². The standard InChI is InChI=1S/C25H33N5O/c1-18-11-20(22-15-28-29(2)17-22)12-21-13-25(27-16-24(18)21)26-14-19-3-5-23(6-4-19)30-7-9-31-10-8-30/h11-13,15-17,19,23H,3-10,14H2,1-2H3,(H,26,27). The number of pyridine rings is 1. The van der Waals surface area contributed by atoms with E-state index in [2.05, 4.69) is 46.6 Å². The zero-order valence-electron chi connectivity index (χ0n) is 18.7. The zero-order chi connectivity index (χ0) is 21.2. The van der Waals surface area contributed by atoms with Gasteiger partial charge in [0.2, 0.25) is 0 Å². The van der Waals surface area contributed by atoms with Crippen molar-refractivity contribution in [2.24, 2.45) is 13.0 Å². The molecule has 0 spiro atoms. The van der Waals surface area contributed by atoms with Crippen molar-refractivity contribution in [2.75, 3.05) is 38.2 Å². The molecule has 5 rings (SSSR count). The SMILES string of the molecule is Cc1cc(-c2cnn(C)c2)cc2cc(NCC3CCC(N4CCOCC4)CC3)ncc12. The number of benzene rings is 1. The second-order valence-corrected chi connectivity index (χ2v) is 9.19. The lowest BCUT2D eigenvalue weighted by Crippen LogP contribution is -2.45. The first kappa shape index (κ1) is 20.5. The molecular weight excluding hydrogens is 386 g/mol. The van der Waals surface area contributed by atoms with Gasteiger partial charge in [0.05, 0.1) is 19.4 Å². The number of morpholine rings is 1. The summed E-state index contributed by atoms with van der Waals surface area (Å²) in [5, 5.41) is 10.4. The third-order valence-electron chi connectivity index (χ3n) is 7.03. The number of fused-ring (bicyclic) bond motifs is 1. The van der Waals surface area contributed by atoms with E-state index in [0.29, 0.717) is 0 Å². The van der Waals surface area contributed by atoms with E-state index in [0.717, 1.165) is 56.2 Å². The summed E-state index contributed by atoms with van der Waals surface area (Å²) in [4.78, 5) is 7.34. The molecule has 0 unspecified atom stereocenters. The Kier molecular flexibility index (Phi) is 5.92. The molecule has 6 nitrogen and oxygen atoms in total. The molecule has 1 aromatic carbocycles. The molecule has 1 saturated heterocycles. The second kappa shape index (κ2) is 8.97. The number of ether oxygens (including phenoxy) is 1. The fourth-order valence-electron chi connectivity index (χ4n) is 5.18. The molecule has 0 bridgehead atoms. The van der Waals surface area contributed by atoms with Gasteiger partial charge in [-0.15, -0.1) is 0 Å². The van der Waals surface area contributed by atoms with Crippen LogP contribution in [0.4, 0.5) is 5.82 Å². The number of hydrogen-bond acceptors (Lipinski definition) is 5. The van der Waals surface area contributed by atoms with Crippen LogP contribution in [0.2, 0.25) is 0 Å². The monoisotopic (exact) mass is 419 g/mol. The zero-order valence-corrected chi connectivity index (χ0v) is 18.7. The Labute approximate surface area is 184 Å². The summed E-state index contributed by atoms with van der Waals surface area (Å²) < 4.78 is 7.36. The van der Waals surface area contributed by atoms with Crippen molar-refractivity contribution in [3.8, 4) is 11.1 Å². The van der Waals surface area contributed by atoms with Crippen LogP contribution in [0.5, 0.6) is 0 Å². The summed E-state index contributed by atoms with van der Waals surface area (Å²) >= 11 is 0. The third-order valence-corrected chi connectivity index (χ3v) is 7.03. The molecule has 2 aliphatic rings.